The predicted molar refractivity (Wildman–Crippen MR) is 83.4 cm³/mol. The lowest BCUT2D eigenvalue weighted by atomic mass is 9.76. The Morgan fingerprint density at radius 2 is 1.86 bits per heavy atom. The van der Waals surface area contributed by atoms with Crippen molar-refractivity contribution in [3.05, 3.63) is 0 Å². The summed E-state index contributed by atoms with van der Waals surface area (Å²) in [6.45, 7) is 4.35. The van der Waals surface area contributed by atoms with Gasteiger partial charge in [0.25, 0.3) is 0 Å². The minimum atomic E-state index is 0.276. The van der Waals surface area contributed by atoms with E-state index in [0.717, 1.165) is 19.2 Å². The smallest absolute Gasteiger partial charge is 0.0687 e. The third-order valence-electron chi connectivity index (χ3n) is 6.64. The van der Waals surface area contributed by atoms with Crippen LogP contribution in [0.2, 0.25) is 0 Å². The van der Waals surface area contributed by atoms with Crippen molar-refractivity contribution in [2.75, 3.05) is 13.2 Å². The molecule has 0 bridgehead atoms. The molecule has 3 unspecified atom stereocenters. The summed E-state index contributed by atoms with van der Waals surface area (Å²) >= 11 is 0. The summed E-state index contributed by atoms with van der Waals surface area (Å²) in [6.07, 6.45) is 14.0. The first-order chi connectivity index (χ1) is 10.2. The van der Waals surface area contributed by atoms with Gasteiger partial charge in [0.15, 0.2) is 0 Å². The van der Waals surface area contributed by atoms with Crippen LogP contribution < -0.4 is 5.32 Å². The standard InChI is InChI=1S/C18H31NO2/c1-14-17(10-11-20-14,13-19-15-4-5-15)12-16-6-9-18(21-16)7-2-3-8-18/h14-16,19H,2-13H2,1H3. The van der Waals surface area contributed by atoms with Crippen LogP contribution in [0, 0.1) is 5.41 Å². The molecule has 3 heteroatoms. The van der Waals surface area contributed by atoms with E-state index in [1.165, 1.54) is 64.2 Å². The Morgan fingerprint density at radius 3 is 2.52 bits per heavy atom. The van der Waals surface area contributed by atoms with E-state index in [1.54, 1.807) is 0 Å². The van der Waals surface area contributed by atoms with Gasteiger partial charge < -0.3 is 14.8 Å². The molecule has 0 aromatic rings. The van der Waals surface area contributed by atoms with Gasteiger partial charge in [-0.1, -0.05) is 12.8 Å². The molecule has 2 heterocycles. The molecule has 21 heavy (non-hydrogen) atoms. The summed E-state index contributed by atoms with van der Waals surface area (Å²) in [5.41, 5.74) is 0.593. The van der Waals surface area contributed by atoms with Crippen molar-refractivity contribution in [2.45, 2.75) is 95.0 Å². The lowest BCUT2D eigenvalue weighted by Gasteiger charge is -2.35. The fraction of sp³-hybridized carbons (Fsp3) is 1.00. The number of hydrogen-bond acceptors (Lipinski definition) is 3. The van der Waals surface area contributed by atoms with E-state index < -0.39 is 0 Å². The van der Waals surface area contributed by atoms with Crippen LogP contribution >= 0.6 is 0 Å². The van der Waals surface area contributed by atoms with E-state index in [4.69, 9.17) is 9.47 Å². The van der Waals surface area contributed by atoms with Crippen LogP contribution in [-0.4, -0.2) is 37.0 Å². The van der Waals surface area contributed by atoms with E-state index in [1.807, 2.05) is 0 Å². The maximum absolute atomic E-state index is 6.58. The van der Waals surface area contributed by atoms with Gasteiger partial charge in [0.05, 0.1) is 17.8 Å². The highest BCUT2D eigenvalue weighted by atomic mass is 16.5. The lowest BCUT2D eigenvalue weighted by Crippen LogP contribution is -2.43. The van der Waals surface area contributed by atoms with Crippen LogP contribution in [0.4, 0.5) is 0 Å². The fourth-order valence-corrected chi connectivity index (χ4v) is 4.91. The van der Waals surface area contributed by atoms with Gasteiger partial charge in [0.1, 0.15) is 0 Å². The van der Waals surface area contributed by atoms with E-state index >= 15 is 0 Å². The van der Waals surface area contributed by atoms with Gasteiger partial charge >= 0.3 is 0 Å². The summed E-state index contributed by atoms with van der Waals surface area (Å²) < 4.78 is 12.5. The second kappa shape index (κ2) is 5.50. The highest BCUT2D eigenvalue weighted by Gasteiger charge is 2.48. The Balaban J connectivity index is 1.39. The normalized spacial score (nSPS) is 42.1. The number of nitrogens with one attached hydrogen (secondary N) is 1. The van der Waals surface area contributed by atoms with E-state index in [9.17, 15) is 0 Å². The van der Waals surface area contributed by atoms with Gasteiger partial charge in [-0.15, -0.1) is 0 Å². The number of hydrogen-bond donors (Lipinski definition) is 1. The second-order valence-electron chi connectivity index (χ2n) is 8.15. The first kappa shape index (κ1) is 14.5. The molecule has 3 nitrogen and oxygen atoms in total. The van der Waals surface area contributed by atoms with E-state index in [0.29, 0.717) is 17.6 Å². The van der Waals surface area contributed by atoms with Crippen molar-refractivity contribution >= 4 is 0 Å². The summed E-state index contributed by atoms with van der Waals surface area (Å²) in [5, 5.41) is 3.77. The molecule has 0 aromatic carbocycles. The van der Waals surface area contributed by atoms with Crippen molar-refractivity contribution in [3.8, 4) is 0 Å². The van der Waals surface area contributed by atoms with Gasteiger partial charge in [0.2, 0.25) is 0 Å². The van der Waals surface area contributed by atoms with Crippen LogP contribution in [0.25, 0.3) is 0 Å². The van der Waals surface area contributed by atoms with Crippen molar-refractivity contribution in [3.63, 3.8) is 0 Å². The third kappa shape index (κ3) is 2.89. The Kier molecular flexibility index (Phi) is 3.79. The SMILES string of the molecule is CC1OCCC1(CNC1CC1)CC1CCC2(CCCC2)O1. The summed E-state index contributed by atoms with van der Waals surface area (Å²) in [6, 6.07) is 0.792. The maximum atomic E-state index is 6.58. The molecule has 4 fully saturated rings. The molecule has 1 spiro atoms. The summed E-state index contributed by atoms with van der Waals surface area (Å²) in [4.78, 5) is 0. The monoisotopic (exact) mass is 293 g/mol. The van der Waals surface area contributed by atoms with E-state index in [2.05, 4.69) is 12.2 Å². The average Bonchev–Trinajstić information content (AvgIpc) is 2.89. The first-order valence-corrected chi connectivity index (χ1v) is 9.23. The Hall–Kier alpha value is -0.120. The molecule has 0 aromatic heterocycles. The highest BCUT2D eigenvalue weighted by Crippen LogP contribution is 2.48. The zero-order chi connectivity index (χ0) is 14.3. The van der Waals surface area contributed by atoms with Crippen LogP contribution in [0.15, 0.2) is 0 Å². The molecule has 0 amide bonds. The zero-order valence-corrected chi connectivity index (χ0v) is 13.5. The van der Waals surface area contributed by atoms with Crippen LogP contribution in [0.1, 0.15) is 71.1 Å². The van der Waals surface area contributed by atoms with E-state index in [-0.39, 0.29) is 5.60 Å². The first-order valence-electron chi connectivity index (χ1n) is 9.23. The van der Waals surface area contributed by atoms with Crippen molar-refractivity contribution < 1.29 is 9.47 Å². The summed E-state index contributed by atoms with van der Waals surface area (Å²) in [7, 11) is 0. The summed E-state index contributed by atoms with van der Waals surface area (Å²) in [5.74, 6) is 0. The average molecular weight is 293 g/mol. The molecule has 0 radical (unpaired) electrons. The largest absolute Gasteiger partial charge is 0.378 e. The molecular weight excluding hydrogens is 262 g/mol. The second-order valence-corrected chi connectivity index (χ2v) is 8.15. The number of rotatable bonds is 5. The Bertz CT molecular complexity index is 375. The predicted octanol–water partition coefficient (Wildman–Crippen LogP) is 3.42. The lowest BCUT2D eigenvalue weighted by molar-refractivity contribution is -0.0615. The van der Waals surface area contributed by atoms with Crippen molar-refractivity contribution in [1.82, 2.24) is 5.32 Å². The molecule has 2 saturated heterocycles. The molecule has 4 rings (SSSR count). The Morgan fingerprint density at radius 1 is 1.05 bits per heavy atom. The van der Waals surface area contributed by atoms with Gasteiger partial charge in [-0.05, 0) is 58.3 Å². The minimum Gasteiger partial charge on any atom is -0.378 e. The highest BCUT2D eigenvalue weighted by molar-refractivity contribution is 4.99. The van der Waals surface area contributed by atoms with Crippen LogP contribution in [0.5, 0.6) is 0 Å². The molecule has 1 N–H and O–H groups in total. The quantitative estimate of drug-likeness (QED) is 0.842. The van der Waals surface area contributed by atoms with Crippen molar-refractivity contribution in [1.29, 1.82) is 0 Å². The molecule has 120 valence electrons. The van der Waals surface area contributed by atoms with Gasteiger partial charge in [-0.3, -0.25) is 0 Å². The Labute approximate surface area is 129 Å². The van der Waals surface area contributed by atoms with Gasteiger partial charge in [0, 0.05) is 24.6 Å². The molecule has 2 aliphatic heterocycles. The maximum Gasteiger partial charge on any atom is 0.0687 e. The van der Waals surface area contributed by atoms with Crippen LogP contribution in [-0.2, 0) is 9.47 Å². The molecule has 2 saturated carbocycles. The van der Waals surface area contributed by atoms with Gasteiger partial charge in [-0.25, -0.2) is 0 Å². The molecular formula is C18H31NO2. The van der Waals surface area contributed by atoms with Crippen molar-refractivity contribution in [2.24, 2.45) is 5.41 Å². The fourth-order valence-electron chi connectivity index (χ4n) is 4.91. The zero-order valence-electron chi connectivity index (χ0n) is 13.5. The molecule has 2 aliphatic carbocycles. The molecule has 4 aliphatic rings. The minimum absolute atomic E-state index is 0.276. The van der Waals surface area contributed by atoms with Crippen LogP contribution in [0.3, 0.4) is 0 Å². The topological polar surface area (TPSA) is 30.5 Å². The number of ether oxygens (including phenoxy) is 2. The molecule has 3 atom stereocenters. The van der Waals surface area contributed by atoms with Gasteiger partial charge in [-0.2, -0.15) is 0 Å². The third-order valence-corrected chi connectivity index (χ3v) is 6.64.